The minimum atomic E-state index is -1.83. The molecule has 7 heteroatoms. The zero-order valence-electron chi connectivity index (χ0n) is 12.4. The Labute approximate surface area is 145 Å². The van der Waals surface area contributed by atoms with Crippen LogP contribution in [0.4, 0.5) is 14.5 Å². The highest BCUT2D eigenvalue weighted by molar-refractivity contribution is 9.09. The summed E-state index contributed by atoms with van der Waals surface area (Å²) in [5, 5.41) is 10.1. The van der Waals surface area contributed by atoms with E-state index in [0.29, 0.717) is 11.0 Å². The summed E-state index contributed by atoms with van der Waals surface area (Å²) in [6.45, 7) is 0. The number of carbonyl (C=O) groups is 1. The molecule has 2 heterocycles. The first kappa shape index (κ1) is 16.6. The average Bonchev–Trinajstić information content (AvgIpc) is 2.55. The van der Waals surface area contributed by atoms with Crippen LogP contribution in [0.15, 0.2) is 48.4 Å². The third-order valence-corrected chi connectivity index (χ3v) is 4.23. The lowest BCUT2D eigenvalue weighted by Gasteiger charge is -2.36. The molecule has 1 aliphatic rings. The van der Waals surface area contributed by atoms with Gasteiger partial charge in [-0.05, 0) is 24.6 Å². The molecule has 0 saturated heterocycles. The van der Waals surface area contributed by atoms with E-state index in [0.717, 1.165) is 6.07 Å². The van der Waals surface area contributed by atoms with Gasteiger partial charge in [0, 0.05) is 22.8 Å². The molecular weight excluding hydrogens is 382 g/mol. The fourth-order valence-corrected chi connectivity index (χ4v) is 3.27. The Morgan fingerprint density at radius 2 is 2.12 bits per heavy atom. The van der Waals surface area contributed by atoms with Gasteiger partial charge in [-0.3, -0.25) is 4.98 Å². The number of fused-ring (bicyclic) bond motifs is 1. The largest absolute Gasteiger partial charge is 0.478 e. The molecule has 1 aromatic carbocycles. The first-order chi connectivity index (χ1) is 11.6. The summed E-state index contributed by atoms with van der Waals surface area (Å²) in [6.07, 6.45) is 1.39. The molecule has 1 aromatic heterocycles. The number of nitrogens with zero attached hydrogens (tertiary/aromatic N) is 2. The molecule has 0 spiro atoms. The van der Waals surface area contributed by atoms with Crippen molar-refractivity contribution in [3.8, 4) is 0 Å². The molecule has 0 saturated carbocycles. The van der Waals surface area contributed by atoms with E-state index in [2.05, 4.69) is 20.9 Å². The number of carboxylic acids is 1. The normalized spacial score (nSPS) is 17.0. The number of carboxylic acid groups (broad SMARTS) is 1. The summed E-state index contributed by atoms with van der Waals surface area (Å²) >= 11 is 3.27. The fourth-order valence-electron chi connectivity index (χ4n) is 2.90. The molecule has 1 unspecified atom stereocenters. The van der Waals surface area contributed by atoms with Gasteiger partial charge >= 0.3 is 5.97 Å². The Morgan fingerprint density at radius 1 is 1.33 bits per heavy atom. The number of aromatic nitrogens is 1. The SMILES string of the molecule is O=C(O)C1=C(CCBr)N(c2cccnc2)C(F)c2c(F)cccc21. The number of rotatable bonds is 4. The molecule has 0 radical (unpaired) electrons. The van der Waals surface area contributed by atoms with Crippen LogP contribution in [-0.2, 0) is 4.79 Å². The number of alkyl halides is 2. The van der Waals surface area contributed by atoms with Crippen LogP contribution in [0, 0.1) is 5.82 Å². The highest BCUT2D eigenvalue weighted by Gasteiger charge is 2.38. The maximum Gasteiger partial charge on any atom is 0.338 e. The van der Waals surface area contributed by atoms with Gasteiger partial charge in [-0.1, -0.05) is 28.1 Å². The minimum absolute atomic E-state index is 0.0751. The second-order valence-corrected chi connectivity index (χ2v) is 5.98. The number of aliphatic carboxylic acids is 1. The molecule has 124 valence electrons. The maximum atomic E-state index is 15.2. The number of hydrogen-bond donors (Lipinski definition) is 1. The van der Waals surface area contributed by atoms with Crippen LogP contribution in [0.25, 0.3) is 5.57 Å². The first-order valence-electron chi connectivity index (χ1n) is 7.20. The second-order valence-electron chi connectivity index (χ2n) is 5.18. The Morgan fingerprint density at radius 3 is 2.75 bits per heavy atom. The van der Waals surface area contributed by atoms with Crippen LogP contribution in [-0.4, -0.2) is 21.4 Å². The number of anilines is 1. The van der Waals surface area contributed by atoms with E-state index in [1.807, 2.05) is 0 Å². The van der Waals surface area contributed by atoms with Gasteiger partial charge in [0.05, 0.1) is 23.0 Å². The molecule has 1 aliphatic heterocycles. The molecule has 1 N–H and O–H groups in total. The predicted octanol–water partition coefficient (Wildman–Crippen LogP) is 4.29. The number of halogens is 3. The molecular formula is C17H13BrF2N2O2. The van der Waals surface area contributed by atoms with Gasteiger partial charge < -0.3 is 10.0 Å². The van der Waals surface area contributed by atoms with Gasteiger partial charge in [0.25, 0.3) is 0 Å². The van der Waals surface area contributed by atoms with Crippen LogP contribution in [0.2, 0.25) is 0 Å². The van der Waals surface area contributed by atoms with Crippen molar-refractivity contribution in [2.75, 3.05) is 10.2 Å². The van der Waals surface area contributed by atoms with Crippen LogP contribution in [0.3, 0.4) is 0 Å². The molecule has 4 nitrogen and oxygen atoms in total. The van der Waals surface area contributed by atoms with Crippen molar-refractivity contribution < 1.29 is 18.7 Å². The first-order valence-corrected chi connectivity index (χ1v) is 8.33. The quantitative estimate of drug-likeness (QED) is 0.620. The highest BCUT2D eigenvalue weighted by Crippen LogP contribution is 2.44. The zero-order valence-corrected chi connectivity index (χ0v) is 14.0. The van der Waals surface area contributed by atoms with E-state index in [1.54, 1.807) is 12.1 Å². The Kier molecular flexibility index (Phi) is 4.62. The smallest absolute Gasteiger partial charge is 0.338 e. The average molecular weight is 395 g/mol. The van der Waals surface area contributed by atoms with Gasteiger partial charge in [0.1, 0.15) is 5.82 Å². The number of benzene rings is 1. The van der Waals surface area contributed by atoms with Crippen molar-refractivity contribution in [2.45, 2.75) is 12.7 Å². The van der Waals surface area contributed by atoms with Gasteiger partial charge in [-0.25, -0.2) is 13.6 Å². The Bertz CT molecular complexity index is 811. The summed E-state index contributed by atoms with van der Waals surface area (Å²) in [4.78, 5) is 17.0. The third kappa shape index (κ3) is 2.69. The van der Waals surface area contributed by atoms with E-state index in [9.17, 15) is 14.3 Å². The minimum Gasteiger partial charge on any atom is -0.478 e. The van der Waals surface area contributed by atoms with Crippen molar-refractivity contribution in [1.29, 1.82) is 0 Å². The lowest BCUT2D eigenvalue weighted by Crippen LogP contribution is -2.33. The van der Waals surface area contributed by atoms with Gasteiger partial charge in [-0.15, -0.1) is 0 Å². The summed E-state index contributed by atoms with van der Waals surface area (Å²) in [5.74, 6) is -2.00. The van der Waals surface area contributed by atoms with Crippen molar-refractivity contribution in [3.05, 3.63) is 65.4 Å². The number of allylic oxidation sites excluding steroid dienone is 1. The van der Waals surface area contributed by atoms with E-state index in [1.165, 1.54) is 29.4 Å². The number of hydrogen-bond acceptors (Lipinski definition) is 3. The predicted molar refractivity (Wildman–Crippen MR) is 89.9 cm³/mol. The highest BCUT2D eigenvalue weighted by atomic mass is 79.9. The van der Waals surface area contributed by atoms with E-state index in [-0.39, 0.29) is 28.8 Å². The van der Waals surface area contributed by atoms with E-state index >= 15 is 4.39 Å². The molecule has 0 aliphatic carbocycles. The van der Waals surface area contributed by atoms with E-state index in [4.69, 9.17) is 0 Å². The lowest BCUT2D eigenvalue weighted by atomic mass is 9.91. The standard InChI is InChI=1S/C17H13BrF2N2O2/c18-7-6-13-15(17(23)24)11-4-1-5-12(19)14(11)16(20)22(13)10-3-2-8-21-9-10/h1-5,8-9,16H,6-7H2,(H,23,24). The van der Waals surface area contributed by atoms with Crippen LogP contribution < -0.4 is 4.90 Å². The summed E-state index contributed by atoms with van der Waals surface area (Å²) in [5.41, 5.74) is 0.358. The summed E-state index contributed by atoms with van der Waals surface area (Å²) in [6, 6.07) is 7.17. The topological polar surface area (TPSA) is 53.4 Å². The van der Waals surface area contributed by atoms with Crippen LogP contribution in [0.1, 0.15) is 23.8 Å². The molecule has 0 fully saturated rings. The van der Waals surface area contributed by atoms with Crippen molar-refractivity contribution in [3.63, 3.8) is 0 Å². The maximum absolute atomic E-state index is 15.2. The van der Waals surface area contributed by atoms with Gasteiger partial charge in [0.2, 0.25) is 6.30 Å². The second kappa shape index (κ2) is 6.68. The van der Waals surface area contributed by atoms with E-state index < -0.39 is 18.1 Å². The monoisotopic (exact) mass is 394 g/mol. The lowest BCUT2D eigenvalue weighted by molar-refractivity contribution is -0.130. The molecule has 24 heavy (non-hydrogen) atoms. The van der Waals surface area contributed by atoms with Crippen molar-refractivity contribution in [2.24, 2.45) is 0 Å². The molecule has 0 amide bonds. The Balaban J connectivity index is 2.32. The summed E-state index contributed by atoms with van der Waals surface area (Å²) < 4.78 is 29.5. The molecule has 1 atom stereocenters. The molecule has 3 rings (SSSR count). The van der Waals surface area contributed by atoms with Crippen molar-refractivity contribution >= 4 is 33.2 Å². The van der Waals surface area contributed by atoms with Gasteiger partial charge in [0.15, 0.2) is 0 Å². The van der Waals surface area contributed by atoms with Crippen LogP contribution in [0.5, 0.6) is 0 Å². The Hall–Kier alpha value is -2.28. The molecule has 0 bridgehead atoms. The summed E-state index contributed by atoms with van der Waals surface area (Å²) in [7, 11) is 0. The zero-order chi connectivity index (χ0) is 17.3. The molecule has 2 aromatic rings. The fraction of sp³-hybridized carbons (Fsp3) is 0.176. The van der Waals surface area contributed by atoms with Crippen molar-refractivity contribution in [1.82, 2.24) is 4.98 Å². The van der Waals surface area contributed by atoms with Gasteiger partial charge in [-0.2, -0.15) is 0 Å². The van der Waals surface area contributed by atoms with Crippen LogP contribution >= 0.6 is 15.9 Å². The third-order valence-electron chi connectivity index (χ3n) is 3.84. The number of pyridine rings is 1.